The van der Waals surface area contributed by atoms with Gasteiger partial charge in [0.05, 0.1) is 11.8 Å². The molecular formula is C15H20N2O2. The second-order valence-electron chi connectivity index (χ2n) is 6.01. The monoisotopic (exact) mass is 260 g/mol. The molecule has 1 aromatic heterocycles. The number of carbonyl (C=O) groups is 1. The van der Waals surface area contributed by atoms with Gasteiger partial charge in [-0.3, -0.25) is 9.78 Å². The number of aromatic hydroxyl groups is 1. The summed E-state index contributed by atoms with van der Waals surface area (Å²) in [6, 6.07) is 1.58. The number of amides is 1. The lowest BCUT2D eigenvalue weighted by molar-refractivity contribution is 0.0751. The molecule has 1 aromatic rings. The highest BCUT2D eigenvalue weighted by atomic mass is 16.3. The van der Waals surface area contributed by atoms with Crippen molar-refractivity contribution >= 4 is 5.91 Å². The molecule has 1 N–H and O–H groups in total. The van der Waals surface area contributed by atoms with E-state index in [0.717, 1.165) is 18.4 Å². The van der Waals surface area contributed by atoms with Crippen molar-refractivity contribution in [3.8, 4) is 5.75 Å². The summed E-state index contributed by atoms with van der Waals surface area (Å²) >= 11 is 0. The van der Waals surface area contributed by atoms with Gasteiger partial charge >= 0.3 is 0 Å². The first kappa shape index (κ1) is 12.5. The molecule has 2 aliphatic carbocycles. The highest BCUT2D eigenvalue weighted by molar-refractivity contribution is 5.96. The van der Waals surface area contributed by atoms with Gasteiger partial charge in [-0.2, -0.15) is 0 Å². The van der Waals surface area contributed by atoms with E-state index in [0.29, 0.717) is 11.5 Å². The Morgan fingerprint density at radius 1 is 1.47 bits per heavy atom. The van der Waals surface area contributed by atoms with E-state index in [1.807, 2.05) is 7.05 Å². The number of aromatic nitrogens is 1. The van der Waals surface area contributed by atoms with Crippen LogP contribution in [0, 0.1) is 17.8 Å². The Morgan fingerprint density at radius 2 is 2.32 bits per heavy atom. The third-order valence-electron chi connectivity index (χ3n) is 4.77. The SMILES string of the molecule is CN(CC1CC2CCC1C2)C(=O)c1ccncc1O. The van der Waals surface area contributed by atoms with Gasteiger partial charge in [0, 0.05) is 19.8 Å². The number of pyridine rings is 1. The van der Waals surface area contributed by atoms with Crippen molar-refractivity contribution in [1.29, 1.82) is 0 Å². The molecular weight excluding hydrogens is 240 g/mol. The fourth-order valence-corrected chi connectivity index (χ4v) is 3.81. The third kappa shape index (κ3) is 2.31. The maximum atomic E-state index is 12.3. The molecule has 0 radical (unpaired) electrons. The minimum atomic E-state index is -0.109. The molecule has 0 aromatic carbocycles. The van der Waals surface area contributed by atoms with Crippen molar-refractivity contribution < 1.29 is 9.90 Å². The highest BCUT2D eigenvalue weighted by Gasteiger charge is 2.40. The van der Waals surface area contributed by atoms with Crippen LogP contribution in [0.1, 0.15) is 36.0 Å². The Morgan fingerprint density at radius 3 is 2.95 bits per heavy atom. The minimum Gasteiger partial charge on any atom is -0.505 e. The average Bonchev–Trinajstić information content (AvgIpc) is 3.00. The molecule has 0 spiro atoms. The van der Waals surface area contributed by atoms with E-state index in [1.54, 1.807) is 17.2 Å². The quantitative estimate of drug-likeness (QED) is 0.907. The Hall–Kier alpha value is -1.58. The van der Waals surface area contributed by atoms with Gasteiger partial charge in [-0.15, -0.1) is 0 Å². The molecule has 1 amide bonds. The average molecular weight is 260 g/mol. The van der Waals surface area contributed by atoms with Crippen molar-refractivity contribution in [1.82, 2.24) is 9.88 Å². The molecule has 0 saturated heterocycles. The maximum Gasteiger partial charge on any atom is 0.257 e. The van der Waals surface area contributed by atoms with E-state index in [9.17, 15) is 9.90 Å². The zero-order valence-electron chi connectivity index (χ0n) is 11.2. The Kier molecular flexibility index (Phi) is 3.17. The smallest absolute Gasteiger partial charge is 0.257 e. The van der Waals surface area contributed by atoms with Gasteiger partial charge in [0.1, 0.15) is 5.75 Å². The molecule has 2 bridgehead atoms. The molecule has 19 heavy (non-hydrogen) atoms. The Balaban J connectivity index is 1.66. The Labute approximate surface area is 113 Å². The van der Waals surface area contributed by atoms with Gasteiger partial charge in [0.15, 0.2) is 0 Å². The summed E-state index contributed by atoms with van der Waals surface area (Å²) < 4.78 is 0. The lowest BCUT2D eigenvalue weighted by Crippen LogP contribution is -2.33. The van der Waals surface area contributed by atoms with Gasteiger partial charge < -0.3 is 10.0 Å². The predicted molar refractivity (Wildman–Crippen MR) is 71.8 cm³/mol. The van der Waals surface area contributed by atoms with E-state index in [4.69, 9.17) is 0 Å². The van der Waals surface area contributed by atoms with Gasteiger partial charge in [-0.1, -0.05) is 6.42 Å². The number of fused-ring (bicyclic) bond motifs is 2. The second kappa shape index (κ2) is 4.83. The number of carbonyl (C=O) groups excluding carboxylic acids is 1. The molecule has 2 aliphatic rings. The predicted octanol–water partition coefficient (Wildman–Crippen LogP) is 2.30. The van der Waals surface area contributed by atoms with Crippen molar-refractivity contribution in [2.24, 2.45) is 17.8 Å². The van der Waals surface area contributed by atoms with E-state index in [-0.39, 0.29) is 11.7 Å². The van der Waals surface area contributed by atoms with E-state index in [2.05, 4.69) is 4.98 Å². The van der Waals surface area contributed by atoms with Crippen molar-refractivity contribution in [3.05, 3.63) is 24.0 Å². The standard InChI is InChI=1S/C15H20N2O2/c1-17(9-12-7-10-2-3-11(12)6-10)15(19)13-4-5-16-8-14(13)18/h4-5,8,10-12,18H,2-3,6-7,9H2,1H3. The Bertz CT molecular complexity index is 489. The first-order chi connectivity index (χ1) is 9.15. The fraction of sp³-hybridized carbons (Fsp3) is 0.600. The lowest BCUT2D eigenvalue weighted by atomic mass is 9.88. The van der Waals surface area contributed by atoms with E-state index in [1.165, 1.54) is 31.9 Å². The first-order valence-corrected chi connectivity index (χ1v) is 7.03. The second-order valence-corrected chi connectivity index (χ2v) is 6.01. The molecule has 3 atom stereocenters. The first-order valence-electron chi connectivity index (χ1n) is 7.03. The number of nitrogens with zero attached hydrogens (tertiary/aromatic N) is 2. The zero-order chi connectivity index (χ0) is 13.4. The van der Waals surface area contributed by atoms with Crippen LogP contribution in [0.4, 0.5) is 0 Å². The van der Waals surface area contributed by atoms with Crippen LogP contribution >= 0.6 is 0 Å². The molecule has 2 fully saturated rings. The van der Waals surface area contributed by atoms with Crippen LogP contribution in [0.5, 0.6) is 5.75 Å². The van der Waals surface area contributed by atoms with Gasteiger partial charge in [-0.25, -0.2) is 0 Å². The third-order valence-corrected chi connectivity index (χ3v) is 4.77. The summed E-state index contributed by atoms with van der Waals surface area (Å²) in [4.78, 5) is 17.8. The van der Waals surface area contributed by atoms with Crippen LogP contribution in [0.2, 0.25) is 0 Å². The molecule has 3 unspecified atom stereocenters. The van der Waals surface area contributed by atoms with Crippen molar-refractivity contribution in [2.45, 2.75) is 25.7 Å². The van der Waals surface area contributed by atoms with Gasteiger partial charge in [0.2, 0.25) is 0 Å². The van der Waals surface area contributed by atoms with Crippen LogP contribution in [0.15, 0.2) is 18.5 Å². The van der Waals surface area contributed by atoms with Crippen molar-refractivity contribution in [3.63, 3.8) is 0 Å². The van der Waals surface area contributed by atoms with Crippen LogP contribution in [-0.2, 0) is 0 Å². The normalized spacial score (nSPS) is 28.6. The minimum absolute atomic E-state index is 0.0349. The van der Waals surface area contributed by atoms with Crippen LogP contribution in [0.25, 0.3) is 0 Å². The lowest BCUT2D eigenvalue weighted by Gasteiger charge is -2.27. The zero-order valence-corrected chi connectivity index (χ0v) is 11.2. The summed E-state index contributed by atoms with van der Waals surface area (Å²) in [6.07, 6.45) is 8.19. The van der Waals surface area contributed by atoms with Gasteiger partial charge in [0.25, 0.3) is 5.91 Å². The molecule has 1 heterocycles. The number of rotatable bonds is 3. The molecule has 4 nitrogen and oxygen atoms in total. The summed E-state index contributed by atoms with van der Waals surface area (Å²) in [5, 5.41) is 9.69. The summed E-state index contributed by atoms with van der Waals surface area (Å²) in [5.41, 5.74) is 0.348. The molecule has 4 heteroatoms. The van der Waals surface area contributed by atoms with E-state index >= 15 is 0 Å². The molecule has 2 saturated carbocycles. The number of hydrogen-bond donors (Lipinski definition) is 1. The number of hydrogen-bond acceptors (Lipinski definition) is 3. The van der Waals surface area contributed by atoms with Gasteiger partial charge in [-0.05, 0) is 43.1 Å². The molecule has 102 valence electrons. The van der Waals surface area contributed by atoms with Crippen LogP contribution < -0.4 is 0 Å². The van der Waals surface area contributed by atoms with Crippen molar-refractivity contribution in [2.75, 3.05) is 13.6 Å². The van der Waals surface area contributed by atoms with E-state index < -0.39 is 0 Å². The van der Waals surface area contributed by atoms with Crippen LogP contribution in [-0.4, -0.2) is 34.5 Å². The van der Waals surface area contributed by atoms with Crippen LogP contribution in [0.3, 0.4) is 0 Å². The topological polar surface area (TPSA) is 53.4 Å². The summed E-state index contributed by atoms with van der Waals surface area (Å²) in [6.45, 7) is 0.807. The largest absolute Gasteiger partial charge is 0.505 e. The highest BCUT2D eigenvalue weighted by Crippen LogP contribution is 2.48. The molecule has 3 rings (SSSR count). The molecule has 0 aliphatic heterocycles. The summed E-state index contributed by atoms with van der Waals surface area (Å²) in [7, 11) is 1.83. The maximum absolute atomic E-state index is 12.3. The summed E-state index contributed by atoms with van der Waals surface area (Å²) in [5.74, 6) is 2.21. The fourth-order valence-electron chi connectivity index (χ4n) is 3.81.